The number of aromatic nitrogens is 3. The first-order chi connectivity index (χ1) is 10.6. The summed E-state index contributed by atoms with van der Waals surface area (Å²) in [6, 6.07) is 3.33. The number of amides is 1. The summed E-state index contributed by atoms with van der Waals surface area (Å²) < 4.78 is 5.59. The van der Waals surface area contributed by atoms with E-state index in [1.807, 2.05) is 13.8 Å². The van der Waals surface area contributed by atoms with E-state index in [0.717, 1.165) is 5.52 Å². The Balaban J connectivity index is 1.98. The minimum atomic E-state index is -0.131. The van der Waals surface area contributed by atoms with Crippen LogP contribution in [0.5, 0.6) is 5.75 Å². The number of benzene rings is 1. The molecule has 1 fully saturated rings. The minimum absolute atomic E-state index is 0.101. The number of nitrogens with one attached hydrogen (secondary N) is 1. The number of fused-ring (bicyclic) bond motifs is 1. The Labute approximate surface area is 127 Å². The van der Waals surface area contributed by atoms with Gasteiger partial charge in [-0.15, -0.1) is 5.10 Å². The van der Waals surface area contributed by atoms with Gasteiger partial charge in [0.05, 0.1) is 17.7 Å². The van der Waals surface area contributed by atoms with E-state index < -0.39 is 0 Å². The van der Waals surface area contributed by atoms with Gasteiger partial charge in [0.1, 0.15) is 17.0 Å². The molecule has 0 bridgehead atoms. The molecule has 116 valence electrons. The first-order valence-corrected chi connectivity index (χ1v) is 7.40. The van der Waals surface area contributed by atoms with Crippen LogP contribution in [-0.4, -0.2) is 51.2 Å². The molecule has 1 aliphatic heterocycles. The van der Waals surface area contributed by atoms with E-state index in [4.69, 9.17) is 4.74 Å². The Hall–Kier alpha value is -2.44. The summed E-state index contributed by atoms with van der Waals surface area (Å²) in [7, 11) is 0. The van der Waals surface area contributed by atoms with Crippen LogP contribution in [0.25, 0.3) is 11.0 Å². The smallest absolute Gasteiger partial charge is 0.257 e. The average Bonchev–Trinajstić information content (AvgIpc) is 2.93. The molecule has 0 unspecified atom stereocenters. The summed E-state index contributed by atoms with van der Waals surface area (Å²) >= 11 is 0. The molecule has 1 N–H and O–H groups in total. The van der Waals surface area contributed by atoms with Gasteiger partial charge in [-0.05, 0) is 19.9 Å². The molecule has 0 spiro atoms. The summed E-state index contributed by atoms with van der Waals surface area (Å²) in [4.78, 5) is 26.1. The predicted octanol–water partition coefficient (Wildman–Crippen LogP) is 1.55. The topological polar surface area (TPSA) is 88.2 Å². The van der Waals surface area contributed by atoms with Crippen LogP contribution in [0.1, 0.15) is 37.0 Å². The predicted molar refractivity (Wildman–Crippen MR) is 79.8 cm³/mol. The molecule has 1 aliphatic rings. The molecule has 0 radical (unpaired) electrons. The van der Waals surface area contributed by atoms with Crippen LogP contribution in [-0.2, 0) is 4.79 Å². The van der Waals surface area contributed by atoms with E-state index in [1.54, 1.807) is 17.0 Å². The van der Waals surface area contributed by atoms with E-state index in [0.29, 0.717) is 42.8 Å². The molecule has 3 rings (SSSR count). The van der Waals surface area contributed by atoms with E-state index in [9.17, 15) is 9.59 Å². The number of Topliss-reactive ketones (excluding diaryl/α,β-unsaturated/α-hetero) is 1. The molecule has 1 aromatic heterocycles. The number of rotatable bonds is 3. The number of carbonyl (C=O) groups is 2. The van der Waals surface area contributed by atoms with Gasteiger partial charge < -0.3 is 9.64 Å². The second-order valence-corrected chi connectivity index (χ2v) is 5.45. The monoisotopic (exact) mass is 302 g/mol. The standard InChI is InChI=1S/C15H18N4O3/c1-3-22-14-8-13-12(16-18-17-13)7-11(14)15(21)19-5-4-10(20)6-9(19)2/h7-9H,3-6H2,1-2H3,(H,16,17,18)/t9-/m1/s1. The van der Waals surface area contributed by atoms with Gasteiger partial charge in [-0.25, -0.2) is 0 Å². The van der Waals surface area contributed by atoms with Crippen LogP contribution in [0.4, 0.5) is 0 Å². The molecule has 1 atom stereocenters. The molecule has 7 nitrogen and oxygen atoms in total. The lowest BCUT2D eigenvalue weighted by Gasteiger charge is -2.33. The van der Waals surface area contributed by atoms with Gasteiger partial charge in [-0.2, -0.15) is 0 Å². The first kappa shape index (κ1) is 14.5. The number of carbonyl (C=O) groups excluding carboxylic acids is 2. The van der Waals surface area contributed by atoms with Crippen LogP contribution in [0.2, 0.25) is 0 Å². The zero-order chi connectivity index (χ0) is 15.7. The van der Waals surface area contributed by atoms with Gasteiger partial charge >= 0.3 is 0 Å². The number of piperidine rings is 1. The zero-order valence-electron chi connectivity index (χ0n) is 12.6. The van der Waals surface area contributed by atoms with Crippen molar-refractivity contribution in [2.24, 2.45) is 0 Å². The second kappa shape index (κ2) is 5.75. The summed E-state index contributed by atoms with van der Waals surface area (Å²) in [5, 5.41) is 10.5. The summed E-state index contributed by atoms with van der Waals surface area (Å²) in [6.45, 7) is 4.67. The highest BCUT2D eigenvalue weighted by atomic mass is 16.5. The lowest BCUT2D eigenvalue weighted by Crippen LogP contribution is -2.44. The van der Waals surface area contributed by atoms with Gasteiger partial charge in [0.15, 0.2) is 0 Å². The molecule has 2 heterocycles. The number of hydrogen-bond acceptors (Lipinski definition) is 5. The lowest BCUT2D eigenvalue weighted by atomic mass is 10.0. The zero-order valence-corrected chi connectivity index (χ0v) is 12.6. The quantitative estimate of drug-likeness (QED) is 0.929. The highest BCUT2D eigenvalue weighted by Gasteiger charge is 2.30. The third-order valence-electron chi connectivity index (χ3n) is 3.90. The number of H-pyrrole nitrogens is 1. The van der Waals surface area contributed by atoms with Crippen LogP contribution < -0.4 is 4.74 Å². The molecule has 22 heavy (non-hydrogen) atoms. The summed E-state index contributed by atoms with van der Waals surface area (Å²) in [5.41, 5.74) is 1.80. The van der Waals surface area contributed by atoms with E-state index in [1.165, 1.54) is 0 Å². The van der Waals surface area contributed by atoms with Crippen molar-refractivity contribution < 1.29 is 14.3 Å². The number of aromatic amines is 1. The third kappa shape index (κ3) is 2.54. The fourth-order valence-corrected chi connectivity index (χ4v) is 2.78. The van der Waals surface area contributed by atoms with Crippen molar-refractivity contribution in [1.82, 2.24) is 20.3 Å². The SMILES string of the molecule is CCOc1cc2[nH]nnc2cc1C(=O)N1CCC(=O)C[C@H]1C. The molecular formula is C15H18N4O3. The Morgan fingerprint density at radius 3 is 3.05 bits per heavy atom. The lowest BCUT2D eigenvalue weighted by molar-refractivity contribution is -0.122. The number of likely N-dealkylation sites (tertiary alicyclic amines) is 1. The van der Waals surface area contributed by atoms with Crippen molar-refractivity contribution in [1.29, 1.82) is 0 Å². The minimum Gasteiger partial charge on any atom is -0.493 e. The largest absolute Gasteiger partial charge is 0.493 e. The van der Waals surface area contributed by atoms with Gasteiger partial charge in [0.25, 0.3) is 5.91 Å². The molecule has 1 saturated heterocycles. The van der Waals surface area contributed by atoms with Gasteiger partial charge in [-0.1, -0.05) is 5.21 Å². The molecular weight excluding hydrogens is 284 g/mol. The highest BCUT2D eigenvalue weighted by molar-refractivity contribution is 6.01. The van der Waals surface area contributed by atoms with E-state index in [2.05, 4.69) is 15.4 Å². The van der Waals surface area contributed by atoms with Crippen LogP contribution in [0.3, 0.4) is 0 Å². The van der Waals surface area contributed by atoms with Gasteiger partial charge in [-0.3, -0.25) is 14.7 Å². The van der Waals surface area contributed by atoms with E-state index >= 15 is 0 Å². The van der Waals surface area contributed by atoms with Gasteiger partial charge in [0, 0.05) is 31.5 Å². The first-order valence-electron chi connectivity index (χ1n) is 7.40. The third-order valence-corrected chi connectivity index (χ3v) is 3.90. The van der Waals surface area contributed by atoms with Crippen molar-refractivity contribution in [2.45, 2.75) is 32.7 Å². The maximum absolute atomic E-state index is 12.9. The molecule has 0 saturated carbocycles. The van der Waals surface area contributed by atoms with Crippen molar-refractivity contribution in [3.63, 3.8) is 0 Å². The van der Waals surface area contributed by atoms with E-state index in [-0.39, 0.29) is 17.7 Å². The summed E-state index contributed by atoms with van der Waals surface area (Å²) in [5.74, 6) is 0.581. The Morgan fingerprint density at radius 2 is 2.32 bits per heavy atom. The molecule has 1 amide bonds. The molecule has 7 heteroatoms. The van der Waals surface area contributed by atoms with Crippen molar-refractivity contribution in [2.75, 3.05) is 13.2 Å². The maximum atomic E-state index is 12.9. The summed E-state index contributed by atoms with van der Waals surface area (Å²) in [6.07, 6.45) is 0.814. The van der Waals surface area contributed by atoms with Crippen LogP contribution in [0.15, 0.2) is 12.1 Å². The number of ether oxygens (including phenoxy) is 1. The fraction of sp³-hybridized carbons (Fsp3) is 0.467. The second-order valence-electron chi connectivity index (χ2n) is 5.45. The Morgan fingerprint density at radius 1 is 1.50 bits per heavy atom. The number of ketones is 1. The number of hydrogen-bond donors (Lipinski definition) is 1. The average molecular weight is 302 g/mol. The van der Waals surface area contributed by atoms with Crippen molar-refractivity contribution in [3.8, 4) is 5.75 Å². The molecule has 2 aromatic rings. The van der Waals surface area contributed by atoms with Crippen molar-refractivity contribution in [3.05, 3.63) is 17.7 Å². The fourth-order valence-electron chi connectivity index (χ4n) is 2.78. The normalized spacial score (nSPS) is 18.7. The highest BCUT2D eigenvalue weighted by Crippen LogP contribution is 2.27. The Bertz CT molecular complexity index is 725. The number of nitrogens with zero attached hydrogens (tertiary/aromatic N) is 3. The maximum Gasteiger partial charge on any atom is 0.257 e. The molecule has 0 aliphatic carbocycles. The van der Waals surface area contributed by atoms with Crippen LogP contribution in [0, 0.1) is 0 Å². The Kier molecular flexibility index (Phi) is 3.79. The van der Waals surface area contributed by atoms with Crippen LogP contribution >= 0.6 is 0 Å². The molecule has 1 aromatic carbocycles. The van der Waals surface area contributed by atoms with Crippen molar-refractivity contribution >= 4 is 22.7 Å². The van der Waals surface area contributed by atoms with Gasteiger partial charge in [0.2, 0.25) is 0 Å².